The Kier molecular flexibility index (Phi) is 4.11. The van der Waals surface area contributed by atoms with E-state index in [1.165, 1.54) is 16.7 Å². The van der Waals surface area contributed by atoms with E-state index in [0.717, 1.165) is 19.3 Å². The highest BCUT2D eigenvalue weighted by molar-refractivity contribution is 5.31. The molecule has 0 saturated heterocycles. The zero-order valence-electron chi connectivity index (χ0n) is 13.5. The highest BCUT2D eigenvalue weighted by Gasteiger charge is 2.27. The molecule has 1 atom stereocenters. The molecule has 0 saturated carbocycles. The van der Waals surface area contributed by atoms with Gasteiger partial charge in [-0.25, -0.2) is 0 Å². The minimum atomic E-state index is -0.275. The lowest BCUT2D eigenvalue weighted by Crippen LogP contribution is -2.25. The summed E-state index contributed by atoms with van der Waals surface area (Å²) < 4.78 is 0. The van der Waals surface area contributed by atoms with Crippen molar-refractivity contribution in [3.63, 3.8) is 0 Å². The van der Waals surface area contributed by atoms with Crippen LogP contribution in [0.3, 0.4) is 0 Å². The summed E-state index contributed by atoms with van der Waals surface area (Å²) in [6.07, 6.45) is 4.71. The minimum Gasteiger partial charge on any atom is -0.389 e. The van der Waals surface area contributed by atoms with Crippen molar-refractivity contribution >= 4 is 0 Å². The lowest BCUT2D eigenvalue weighted by molar-refractivity contribution is 0.138. The van der Waals surface area contributed by atoms with E-state index in [1.807, 2.05) is 0 Å². The maximum Gasteiger partial charge on any atom is 0.0728 e. The van der Waals surface area contributed by atoms with E-state index in [-0.39, 0.29) is 16.9 Å². The van der Waals surface area contributed by atoms with E-state index in [0.29, 0.717) is 0 Å². The number of aliphatic hydroxyl groups excluding tert-OH is 1. The van der Waals surface area contributed by atoms with Crippen LogP contribution in [0, 0.1) is 5.41 Å². The van der Waals surface area contributed by atoms with Crippen molar-refractivity contribution in [2.24, 2.45) is 5.41 Å². The highest BCUT2D eigenvalue weighted by atomic mass is 16.3. The molecule has 0 fully saturated rings. The third kappa shape index (κ3) is 3.96. The van der Waals surface area contributed by atoms with Crippen LogP contribution in [0.1, 0.15) is 58.6 Å². The van der Waals surface area contributed by atoms with Crippen LogP contribution in [0.5, 0.6) is 0 Å². The Hall–Kier alpha value is -1.08. The highest BCUT2D eigenvalue weighted by Crippen LogP contribution is 2.36. The number of benzene rings is 1. The lowest BCUT2D eigenvalue weighted by Gasteiger charge is -2.32. The summed E-state index contributed by atoms with van der Waals surface area (Å²) in [5.41, 5.74) is 4.51. The maximum atomic E-state index is 9.97. The number of hydrogen-bond acceptors (Lipinski definition) is 1. The monoisotopic (exact) mass is 272 g/mol. The van der Waals surface area contributed by atoms with E-state index in [1.54, 1.807) is 0 Å². The fourth-order valence-electron chi connectivity index (χ4n) is 3.15. The van der Waals surface area contributed by atoms with Gasteiger partial charge in [-0.2, -0.15) is 0 Å². The summed E-state index contributed by atoms with van der Waals surface area (Å²) in [5.74, 6) is 0. The van der Waals surface area contributed by atoms with Crippen molar-refractivity contribution in [2.75, 3.05) is 0 Å². The van der Waals surface area contributed by atoms with Gasteiger partial charge in [-0.15, -0.1) is 0 Å². The Labute approximate surface area is 123 Å². The Balaban J connectivity index is 2.11. The average molecular weight is 272 g/mol. The third-order valence-electron chi connectivity index (χ3n) is 4.15. The van der Waals surface area contributed by atoms with Crippen LogP contribution in [0.4, 0.5) is 0 Å². The van der Waals surface area contributed by atoms with Gasteiger partial charge in [-0.1, -0.05) is 70.5 Å². The number of allylic oxidation sites excluding steroid dienone is 1. The lowest BCUT2D eigenvalue weighted by atomic mass is 9.75. The first-order valence-corrected chi connectivity index (χ1v) is 7.63. The van der Waals surface area contributed by atoms with Crippen LogP contribution in [0.15, 0.2) is 35.9 Å². The first-order chi connectivity index (χ1) is 9.16. The number of rotatable bonds is 2. The molecule has 1 aromatic rings. The smallest absolute Gasteiger partial charge is 0.0728 e. The van der Waals surface area contributed by atoms with Crippen LogP contribution in [0.25, 0.3) is 0 Å². The predicted molar refractivity (Wildman–Crippen MR) is 86.0 cm³/mol. The molecule has 0 heterocycles. The summed E-state index contributed by atoms with van der Waals surface area (Å²) in [7, 11) is 0. The second-order valence-corrected chi connectivity index (χ2v) is 8.06. The van der Waals surface area contributed by atoms with Crippen LogP contribution in [0.2, 0.25) is 0 Å². The van der Waals surface area contributed by atoms with Gasteiger partial charge < -0.3 is 5.11 Å². The van der Waals surface area contributed by atoms with Gasteiger partial charge >= 0.3 is 0 Å². The zero-order valence-corrected chi connectivity index (χ0v) is 13.5. The first kappa shape index (κ1) is 15.3. The minimum absolute atomic E-state index is 0.209. The summed E-state index contributed by atoms with van der Waals surface area (Å²) in [6.45, 7) is 11.2. The van der Waals surface area contributed by atoms with E-state index in [9.17, 15) is 5.11 Å². The molecule has 1 N–H and O–H groups in total. The second kappa shape index (κ2) is 5.37. The van der Waals surface area contributed by atoms with Crippen molar-refractivity contribution in [3.05, 3.63) is 47.0 Å². The summed E-state index contributed by atoms with van der Waals surface area (Å²) in [6, 6.07) is 8.94. The quantitative estimate of drug-likeness (QED) is 0.778. The first-order valence-electron chi connectivity index (χ1n) is 7.63. The molecule has 0 aliphatic heterocycles. The van der Waals surface area contributed by atoms with Gasteiger partial charge in [0.15, 0.2) is 0 Å². The molecule has 0 radical (unpaired) electrons. The fraction of sp³-hybridized carbons (Fsp3) is 0.579. The Morgan fingerprint density at radius 3 is 2.25 bits per heavy atom. The van der Waals surface area contributed by atoms with Crippen LogP contribution in [-0.2, 0) is 11.8 Å². The van der Waals surface area contributed by atoms with Crippen molar-refractivity contribution in [2.45, 2.75) is 65.4 Å². The van der Waals surface area contributed by atoms with Gasteiger partial charge in [-0.3, -0.25) is 0 Å². The van der Waals surface area contributed by atoms with E-state index < -0.39 is 0 Å². The van der Waals surface area contributed by atoms with Crippen molar-refractivity contribution < 1.29 is 5.11 Å². The molecular weight excluding hydrogens is 244 g/mol. The van der Waals surface area contributed by atoms with Gasteiger partial charge in [-0.05, 0) is 41.2 Å². The van der Waals surface area contributed by atoms with Gasteiger partial charge in [0.05, 0.1) is 6.10 Å². The van der Waals surface area contributed by atoms with Crippen LogP contribution in [-0.4, -0.2) is 11.2 Å². The normalized spacial score (nSPS) is 22.5. The molecule has 1 heteroatoms. The zero-order chi connectivity index (χ0) is 15.0. The van der Waals surface area contributed by atoms with E-state index in [2.05, 4.69) is 65.0 Å². The molecule has 1 aliphatic carbocycles. The fourth-order valence-corrected chi connectivity index (χ4v) is 3.15. The molecule has 0 amide bonds. The topological polar surface area (TPSA) is 20.2 Å². The van der Waals surface area contributed by atoms with Gasteiger partial charge in [0.25, 0.3) is 0 Å². The molecule has 1 unspecified atom stereocenters. The molecule has 1 aliphatic rings. The predicted octanol–water partition coefficient (Wildman–Crippen LogP) is 4.63. The van der Waals surface area contributed by atoms with Gasteiger partial charge in [0, 0.05) is 0 Å². The SMILES string of the molecule is CC1(C)CC(Cc2ccc(C(C)(C)C)cc2)=CC(O)C1. The summed E-state index contributed by atoms with van der Waals surface area (Å²) in [4.78, 5) is 0. The van der Waals surface area contributed by atoms with Crippen LogP contribution < -0.4 is 0 Å². The van der Waals surface area contributed by atoms with Crippen molar-refractivity contribution in [1.82, 2.24) is 0 Å². The largest absolute Gasteiger partial charge is 0.389 e. The van der Waals surface area contributed by atoms with E-state index >= 15 is 0 Å². The Morgan fingerprint density at radius 2 is 1.75 bits per heavy atom. The molecular formula is C19H28O. The number of aliphatic hydroxyl groups is 1. The second-order valence-electron chi connectivity index (χ2n) is 8.06. The van der Waals surface area contributed by atoms with Gasteiger partial charge in [0.2, 0.25) is 0 Å². The Bertz CT molecular complexity index is 485. The third-order valence-corrected chi connectivity index (χ3v) is 4.15. The van der Waals surface area contributed by atoms with Crippen LogP contribution >= 0.6 is 0 Å². The molecule has 2 rings (SSSR count). The molecule has 0 spiro atoms. The molecule has 20 heavy (non-hydrogen) atoms. The standard InChI is InChI=1S/C19H28O/c1-18(2,3)16-8-6-14(7-9-16)10-15-11-17(20)13-19(4,5)12-15/h6-9,11,17,20H,10,12-13H2,1-5H3. The summed E-state index contributed by atoms with van der Waals surface area (Å²) >= 11 is 0. The summed E-state index contributed by atoms with van der Waals surface area (Å²) in [5, 5.41) is 9.97. The van der Waals surface area contributed by atoms with Gasteiger partial charge in [0.1, 0.15) is 0 Å². The Morgan fingerprint density at radius 1 is 1.15 bits per heavy atom. The molecule has 1 nitrogen and oxygen atoms in total. The van der Waals surface area contributed by atoms with E-state index in [4.69, 9.17) is 0 Å². The average Bonchev–Trinajstić information content (AvgIpc) is 2.25. The van der Waals surface area contributed by atoms with Crippen molar-refractivity contribution in [1.29, 1.82) is 0 Å². The molecule has 110 valence electrons. The maximum absolute atomic E-state index is 9.97. The number of hydrogen-bond donors (Lipinski definition) is 1. The molecule has 0 bridgehead atoms. The molecule has 1 aromatic carbocycles. The molecule has 0 aromatic heterocycles. The van der Waals surface area contributed by atoms with Crippen molar-refractivity contribution in [3.8, 4) is 0 Å².